The smallest absolute Gasteiger partial charge is 0.216 e. The van der Waals surface area contributed by atoms with Gasteiger partial charge in [-0.25, -0.2) is 9.38 Å². The SMILES string of the molecule is CC1OC(c2ccc(F)cc2)=NC1CCCl. The fraction of sp³-hybridized carbons (Fsp3) is 0.417. The summed E-state index contributed by atoms with van der Waals surface area (Å²) in [6.07, 6.45) is 0.840. The number of benzene rings is 1. The number of aliphatic imine (C=N–C) groups is 1. The fourth-order valence-corrected chi connectivity index (χ4v) is 1.91. The average molecular weight is 242 g/mol. The normalized spacial score (nSPS) is 24.1. The van der Waals surface area contributed by atoms with Gasteiger partial charge in [-0.15, -0.1) is 11.6 Å². The summed E-state index contributed by atoms with van der Waals surface area (Å²) in [5, 5.41) is 0. The lowest BCUT2D eigenvalue weighted by molar-refractivity contribution is 0.211. The van der Waals surface area contributed by atoms with Crippen LogP contribution >= 0.6 is 11.6 Å². The van der Waals surface area contributed by atoms with Crippen LogP contribution in [0.25, 0.3) is 0 Å². The van der Waals surface area contributed by atoms with Gasteiger partial charge in [-0.05, 0) is 37.6 Å². The van der Waals surface area contributed by atoms with E-state index in [2.05, 4.69) is 4.99 Å². The summed E-state index contributed by atoms with van der Waals surface area (Å²) in [4.78, 5) is 4.45. The molecular formula is C12H13ClFNO. The molecular weight excluding hydrogens is 229 g/mol. The van der Waals surface area contributed by atoms with Crippen molar-refractivity contribution in [1.82, 2.24) is 0 Å². The van der Waals surface area contributed by atoms with Crippen molar-refractivity contribution in [3.63, 3.8) is 0 Å². The van der Waals surface area contributed by atoms with Crippen LogP contribution in [0, 0.1) is 5.82 Å². The van der Waals surface area contributed by atoms with Gasteiger partial charge in [-0.1, -0.05) is 0 Å². The molecule has 2 rings (SSSR count). The summed E-state index contributed by atoms with van der Waals surface area (Å²) in [5.74, 6) is 0.897. The Morgan fingerprint density at radius 3 is 2.69 bits per heavy atom. The first-order valence-corrected chi connectivity index (χ1v) is 5.80. The predicted octanol–water partition coefficient (Wildman–Crippen LogP) is 2.99. The molecule has 2 unspecified atom stereocenters. The lowest BCUT2D eigenvalue weighted by atomic mass is 10.1. The van der Waals surface area contributed by atoms with E-state index in [1.54, 1.807) is 12.1 Å². The van der Waals surface area contributed by atoms with Crippen molar-refractivity contribution in [2.24, 2.45) is 4.99 Å². The van der Waals surface area contributed by atoms with Gasteiger partial charge in [0.2, 0.25) is 5.90 Å². The maximum absolute atomic E-state index is 12.7. The van der Waals surface area contributed by atoms with E-state index in [0.717, 1.165) is 12.0 Å². The van der Waals surface area contributed by atoms with E-state index in [1.165, 1.54) is 12.1 Å². The molecule has 0 saturated heterocycles. The van der Waals surface area contributed by atoms with Crippen LogP contribution in [-0.4, -0.2) is 23.9 Å². The van der Waals surface area contributed by atoms with Gasteiger partial charge >= 0.3 is 0 Å². The second-order valence-corrected chi connectivity index (χ2v) is 4.19. The Hall–Kier alpha value is -1.09. The van der Waals surface area contributed by atoms with Crippen LogP contribution in [0.5, 0.6) is 0 Å². The minimum Gasteiger partial charge on any atom is -0.472 e. The average Bonchev–Trinajstić information content (AvgIpc) is 2.62. The topological polar surface area (TPSA) is 21.6 Å². The molecule has 0 aliphatic carbocycles. The zero-order valence-electron chi connectivity index (χ0n) is 8.99. The van der Waals surface area contributed by atoms with Crippen LogP contribution in [0.4, 0.5) is 4.39 Å². The summed E-state index contributed by atoms with van der Waals surface area (Å²) in [6, 6.07) is 6.26. The molecule has 1 aliphatic heterocycles. The monoisotopic (exact) mass is 241 g/mol. The highest BCUT2D eigenvalue weighted by Gasteiger charge is 2.27. The van der Waals surface area contributed by atoms with Gasteiger partial charge in [0.15, 0.2) is 0 Å². The molecule has 0 N–H and O–H groups in total. The summed E-state index contributed by atoms with van der Waals surface area (Å²) in [6.45, 7) is 1.97. The van der Waals surface area contributed by atoms with Crippen LogP contribution in [-0.2, 0) is 4.74 Å². The third-order valence-corrected chi connectivity index (χ3v) is 2.84. The second-order valence-electron chi connectivity index (χ2n) is 3.81. The molecule has 1 aliphatic rings. The van der Waals surface area contributed by atoms with Gasteiger partial charge < -0.3 is 4.74 Å². The van der Waals surface area contributed by atoms with E-state index in [1.807, 2.05) is 6.92 Å². The van der Waals surface area contributed by atoms with Crippen LogP contribution in [0.2, 0.25) is 0 Å². The Labute approximate surface area is 99.1 Å². The summed E-state index contributed by atoms with van der Waals surface area (Å²) >= 11 is 5.69. The number of rotatable bonds is 3. The van der Waals surface area contributed by atoms with Crippen LogP contribution in [0.1, 0.15) is 18.9 Å². The largest absolute Gasteiger partial charge is 0.472 e. The third kappa shape index (κ3) is 2.35. The molecule has 0 amide bonds. The molecule has 0 bridgehead atoms. The molecule has 1 aromatic rings. The van der Waals surface area contributed by atoms with E-state index in [0.29, 0.717) is 11.8 Å². The van der Waals surface area contributed by atoms with Crippen LogP contribution in [0.3, 0.4) is 0 Å². The molecule has 0 spiro atoms. The number of alkyl halides is 1. The van der Waals surface area contributed by atoms with Gasteiger partial charge in [-0.3, -0.25) is 0 Å². The highest BCUT2D eigenvalue weighted by molar-refractivity contribution is 6.17. The molecule has 1 heterocycles. The molecule has 0 radical (unpaired) electrons. The highest BCUT2D eigenvalue weighted by atomic mass is 35.5. The first-order valence-electron chi connectivity index (χ1n) is 5.27. The van der Waals surface area contributed by atoms with Gasteiger partial charge in [-0.2, -0.15) is 0 Å². The van der Waals surface area contributed by atoms with E-state index >= 15 is 0 Å². The molecule has 0 fully saturated rings. The first-order chi connectivity index (χ1) is 7.70. The number of nitrogens with zero attached hydrogens (tertiary/aromatic N) is 1. The van der Waals surface area contributed by atoms with Crippen molar-refractivity contribution in [1.29, 1.82) is 0 Å². The fourth-order valence-electron chi connectivity index (χ4n) is 1.69. The maximum Gasteiger partial charge on any atom is 0.216 e. The van der Waals surface area contributed by atoms with Gasteiger partial charge in [0.05, 0.1) is 6.04 Å². The first kappa shape index (κ1) is 11.4. The van der Waals surface area contributed by atoms with E-state index in [9.17, 15) is 4.39 Å². The van der Waals surface area contributed by atoms with Gasteiger partial charge in [0.25, 0.3) is 0 Å². The molecule has 16 heavy (non-hydrogen) atoms. The molecule has 86 valence electrons. The van der Waals surface area contributed by atoms with Crippen LogP contribution < -0.4 is 0 Å². The minimum absolute atomic E-state index is 0.0406. The highest BCUT2D eigenvalue weighted by Crippen LogP contribution is 2.20. The van der Waals surface area contributed by atoms with Gasteiger partial charge in [0, 0.05) is 11.4 Å². The quantitative estimate of drug-likeness (QED) is 0.746. The Bertz CT molecular complexity index is 391. The van der Waals surface area contributed by atoms with Crippen molar-refractivity contribution < 1.29 is 9.13 Å². The predicted molar refractivity (Wildman–Crippen MR) is 62.6 cm³/mol. The minimum atomic E-state index is -0.257. The van der Waals surface area contributed by atoms with Crippen molar-refractivity contribution in [3.05, 3.63) is 35.6 Å². The van der Waals surface area contributed by atoms with Crippen molar-refractivity contribution in [2.45, 2.75) is 25.5 Å². The lowest BCUT2D eigenvalue weighted by Crippen LogP contribution is -2.18. The standard InChI is InChI=1S/C12H13ClFNO/c1-8-11(6-7-13)15-12(16-8)9-2-4-10(14)5-3-9/h2-5,8,11H,6-7H2,1H3. The Kier molecular flexibility index (Phi) is 3.44. The molecule has 2 atom stereocenters. The third-order valence-electron chi connectivity index (χ3n) is 2.62. The summed E-state index contributed by atoms with van der Waals surface area (Å²) in [5.41, 5.74) is 0.810. The van der Waals surface area contributed by atoms with Crippen molar-refractivity contribution in [3.8, 4) is 0 Å². The number of ether oxygens (including phenoxy) is 1. The molecule has 2 nitrogen and oxygen atoms in total. The Balaban J connectivity index is 2.16. The molecule has 4 heteroatoms. The number of hydrogen-bond donors (Lipinski definition) is 0. The molecule has 0 aromatic heterocycles. The maximum atomic E-state index is 12.7. The molecule has 0 saturated carbocycles. The number of hydrogen-bond acceptors (Lipinski definition) is 2. The van der Waals surface area contributed by atoms with Gasteiger partial charge in [0.1, 0.15) is 11.9 Å². The zero-order valence-corrected chi connectivity index (χ0v) is 9.75. The second kappa shape index (κ2) is 4.83. The lowest BCUT2D eigenvalue weighted by Gasteiger charge is -2.10. The van der Waals surface area contributed by atoms with E-state index < -0.39 is 0 Å². The summed E-state index contributed by atoms with van der Waals surface area (Å²) < 4.78 is 18.4. The summed E-state index contributed by atoms with van der Waals surface area (Å²) in [7, 11) is 0. The Morgan fingerprint density at radius 2 is 2.06 bits per heavy atom. The van der Waals surface area contributed by atoms with Crippen molar-refractivity contribution in [2.75, 3.05) is 5.88 Å². The van der Waals surface area contributed by atoms with Crippen molar-refractivity contribution >= 4 is 17.5 Å². The molecule has 1 aromatic carbocycles. The zero-order chi connectivity index (χ0) is 11.5. The van der Waals surface area contributed by atoms with Crippen LogP contribution in [0.15, 0.2) is 29.3 Å². The number of halogens is 2. The van der Waals surface area contributed by atoms with E-state index in [-0.39, 0.29) is 18.0 Å². The Morgan fingerprint density at radius 1 is 1.38 bits per heavy atom. The van der Waals surface area contributed by atoms with E-state index in [4.69, 9.17) is 16.3 Å².